The summed E-state index contributed by atoms with van der Waals surface area (Å²) >= 11 is 1.56. The highest BCUT2D eigenvalue weighted by molar-refractivity contribution is 8.18. The largest absolute Gasteiger partial charge is 0.381 e. The number of aliphatic imine (C=N–C) groups is 1. The molecular formula is C20H22N2O3S. The molecule has 1 aromatic carbocycles. The van der Waals surface area contributed by atoms with E-state index in [-0.39, 0.29) is 11.5 Å². The maximum absolute atomic E-state index is 12.4. The summed E-state index contributed by atoms with van der Waals surface area (Å²) in [5, 5.41) is 0.866. The Morgan fingerprint density at radius 1 is 1.12 bits per heavy atom. The monoisotopic (exact) mass is 370 g/mol. The summed E-state index contributed by atoms with van der Waals surface area (Å²) in [5.74, 6) is -0.0651. The van der Waals surface area contributed by atoms with Crippen LogP contribution in [0.15, 0.2) is 39.7 Å². The van der Waals surface area contributed by atoms with Gasteiger partial charge >= 0.3 is 0 Å². The molecule has 0 bridgehead atoms. The molecule has 0 unspecified atom stereocenters. The summed E-state index contributed by atoms with van der Waals surface area (Å²) in [6.07, 6.45) is 3.59. The van der Waals surface area contributed by atoms with Crippen LogP contribution in [0.3, 0.4) is 0 Å². The molecule has 0 aromatic heterocycles. The van der Waals surface area contributed by atoms with Gasteiger partial charge in [-0.05, 0) is 54.1 Å². The first-order chi connectivity index (χ1) is 12.8. The summed E-state index contributed by atoms with van der Waals surface area (Å²) in [5.41, 5.74) is 3.73. The zero-order valence-corrected chi connectivity index (χ0v) is 15.5. The van der Waals surface area contributed by atoms with E-state index in [1.165, 1.54) is 16.7 Å². The lowest BCUT2D eigenvalue weighted by atomic mass is 9.84. The summed E-state index contributed by atoms with van der Waals surface area (Å²) in [6, 6.07) is 8.55. The third-order valence-corrected chi connectivity index (χ3v) is 7.06. The number of hydrogen-bond acceptors (Lipinski definition) is 5. The van der Waals surface area contributed by atoms with Gasteiger partial charge in [-0.2, -0.15) is 4.99 Å². The van der Waals surface area contributed by atoms with E-state index < -0.39 is 0 Å². The smallest absolute Gasteiger partial charge is 0.286 e. The van der Waals surface area contributed by atoms with Crippen molar-refractivity contribution in [3.8, 4) is 0 Å². The molecule has 2 fully saturated rings. The van der Waals surface area contributed by atoms with E-state index in [9.17, 15) is 4.79 Å². The minimum absolute atomic E-state index is 0.0651. The first kappa shape index (κ1) is 16.5. The van der Waals surface area contributed by atoms with Crippen molar-refractivity contribution in [1.29, 1.82) is 0 Å². The van der Waals surface area contributed by atoms with Crippen LogP contribution < -0.4 is 0 Å². The van der Waals surface area contributed by atoms with Crippen molar-refractivity contribution in [1.82, 2.24) is 4.90 Å². The van der Waals surface area contributed by atoms with Crippen LogP contribution in [0.5, 0.6) is 0 Å². The Kier molecular flexibility index (Phi) is 4.14. The quantitative estimate of drug-likeness (QED) is 0.657. The van der Waals surface area contributed by atoms with E-state index in [1.54, 1.807) is 11.8 Å². The fraction of sp³-hybridized carbons (Fsp3) is 0.500. The summed E-state index contributed by atoms with van der Waals surface area (Å²) in [6.45, 7) is 3.89. The lowest BCUT2D eigenvalue weighted by Gasteiger charge is -2.39. The molecule has 1 amide bonds. The molecule has 1 spiro atoms. The Morgan fingerprint density at radius 2 is 1.88 bits per heavy atom. The molecule has 1 aromatic rings. The number of nitrogens with zero attached hydrogens (tertiary/aromatic N) is 2. The number of benzene rings is 1. The number of amides is 1. The SMILES string of the molecule is O=C1N=C(N2CCC3(CC2)OCc2ccccc23)SC1=C1CCOCC1. The second kappa shape index (κ2) is 6.51. The van der Waals surface area contributed by atoms with Crippen LogP contribution in [-0.4, -0.2) is 42.3 Å². The van der Waals surface area contributed by atoms with E-state index in [4.69, 9.17) is 9.47 Å². The highest BCUT2D eigenvalue weighted by Gasteiger charge is 2.43. The molecule has 4 heterocycles. The Balaban J connectivity index is 1.30. The first-order valence-corrected chi connectivity index (χ1v) is 10.1. The van der Waals surface area contributed by atoms with Crippen LogP contribution in [0.25, 0.3) is 0 Å². The molecule has 2 saturated heterocycles. The molecule has 0 saturated carbocycles. The molecule has 0 radical (unpaired) electrons. The third kappa shape index (κ3) is 2.71. The molecule has 5 rings (SSSR count). The van der Waals surface area contributed by atoms with Crippen molar-refractivity contribution in [2.24, 2.45) is 4.99 Å². The van der Waals surface area contributed by atoms with Crippen LogP contribution >= 0.6 is 11.8 Å². The van der Waals surface area contributed by atoms with E-state index in [1.807, 2.05) is 0 Å². The fourth-order valence-electron chi connectivity index (χ4n) is 4.36. The normalized spacial score (nSPS) is 25.0. The predicted octanol–water partition coefficient (Wildman–Crippen LogP) is 3.20. The summed E-state index contributed by atoms with van der Waals surface area (Å²) in [7, 11) is 0. The van der Waals surface area contributed by atoms with Crippen molar-refractivity contribution in [3.63, 3.8) is 0 Å². The second-order valence-electron chi connectivity index (χ2n) is 7.27. The molecule has 4 aliphatic rings. The van der Waals surface area contributed by atoms with Crippen LogP contribution in [0, 0.1) is 0 Å². The number of fused-ring (bicyclic) bond motifs is 2. The van der Waals surface area contributed by atoms with Gasteiger partial charge in [0.2, 0.25) is 0 Å². The summed E-state index contributed by atoms with van der Waals surface area (Å²) in [4.78, 5) is 19.8. The van der Waals surface area contributed by atoms with Gasteiger partial charge in [0.15, 0.2) is 5.17 Å². The Morgan fingerprint density at radius 3 is 2.69 bits per heavy atom. The van der Waals surface area contributed by atoms with Crippen LogP contribution in [0.2, 0.25) is 0 Å². The maximum atomic E-state index is 12.4. The average Bonchev–Trinajstić information content (AvgIpc) is 3.25. The van der Waals surface area contributed by atoms with Crippen molar-refractivity contribution in [3.05, 3.63) is 45.9 Å². The van der Waals surface area contributed by atoms with Crippen molar-refractivity contribution in [2.75, 3.05) is 26.3 Å². The molecule has 26 heavy (non-hydrogen) atoms. The zero-order valence-electron chi connectivity index (χ0n) is 14.7. The molecule has 5 nitrogen and oxygen atoms in total. The van der Waals surface area contributed by atoms with Crippen LogP contribution in [0.1, 0.15) is 36.8 Å². The minimum Gasteiger partial charge on any atom is -0.381 e. The Hall–Kier alpha value is -1.63. The zero-order chi connectivity index (χ0) is 17.6. The number of carbonyl (C=O) groups excluding carboxylic acids is 1. The number of likely N-dealkylation sites (tertiary alicyclic amines) is 1. The highest BCUT2D eigenvalue weighted by atomic mass is 32.2. The number of piperidine rings is 1. The Labute approximate surface area is 157 Å². The van der Waals surface area contributed by atoms with Gasteiger partial charge in [0.1, 0.15) is 0 Å². The van der Waals surface area contributed by atoms with Gasteiger partial charge in [-0.15, -0.1) is 0 Å². The number of ether oxygens (including phenoxy) is 2. The van der Waals surface area contributed by atoms with Gasteiger partial charge in [-0.25, -0.2) is 0 Å². The lowest BCUT2D eigenvalue weighted by molar-refractivity contribution is -0.113. The predicted molar refractivity (Wildman–Crippen MR) is 101 cm³/mol. The first-order valence-electron chi connectivity index (χ1n) is 9.33. The van der Waals surface area contributed by atoms with Gasteiger partial charge in [0, 0.05) is 13.1 Å². The van der Waals surface area contributed by atoms with Gasteiger partial charge in [0.05, 0.1) is 30.3 Å². The van der Waals surface area contributed by atoms with Crippen molar-refractivity contribution >= 4 is 22.8 Å². The second-order valence-corrected chi connectivity index (χ2v) is 8.25. The minimum atomic E-state index is -0.150. The molecule has 6 heteroatoms. The van der Waals surface area contributed by atoms with Crippen LogP contribution in [-0.2, 0) is 26.5 Å². The maximum Gasteiger partial charge on any atom is 0.286 e. The van der Waals surface area contributed by atoms with Gasteiger partial charge in [-0.3, -0.25) is 4.79 Å². The molecule has 136 valence electrons. The molecule has 4 aliphatic heterocycles. The van der Waals surface area contributed by atoms with Crippen molar-refractivity contribution in [2.45, 2.75) is 37.9 Å². The summed E-state index contributed by atoms with van der Waals surface area (Å²) < 4.78 is 11.6. The van der Waals surface area contributed by atoms with Gasteiger partial charge in [0.25, 0.3) is 5.91 Å². The topological polar surface area (TPSA) is 51.1 Å². The number of carbonyl (C=O) groups is 1. The number of thioether (sulfide) groups is 1. The van der Waals surface area contributed by atoms with E-state index in [2.05, 4.69) is 34.2 Å². The van der Waals surface area contributed by atoms with Crippen LogP contribution in [0.4, 0.5) is 0 Å². The molecule has 0 N–H and O–H groups in total. The fourth-order valence-corrected chi connectivity index (χ4v) is 5.46. The van der Waals surface area contributed by atoms with Gasteiger partial charge < -0.3 is 14.4 Å². The van der Waals surface area contributed by atoms with E-state index in [0.717, 1.165) is 48.8 Å². The molecule has 0 atom stereocenters. The molecule has 0 aliphatic carbocycles. The highest BCUT2D eigenvalue weighted by Crippen LogP contribution is 2.45. The van der Waals surface area contributed by atoms with Crippen molar-refractivity contribution < 1.29 is 14.3 Å². The standard InChI is InChI=1S/C20H22N2O3S/c23-18-17(14-5-11-24-12-6-14)26-19(21-18)22-9-7-20(8-10-22)16-4-2-1-3-15(16)13-25-20/h1-4H,5-13H2. The number of amidine groups is 1. The van der Waals surface area contributed by atoms with E-state index in [0.29, 0.717) is 19.8 Å². The number of rotatable bonds is 0. The number of hydrogen-bond donors (Lipinski definition) is 0. The van der Waals surface area contributed by atoms with E-state index >= 15 is 0 Å². The average molecular weight is 370 g/mol. The Bertz CT molecular complexity index is 801. The molecular weight excluding hydrogens is 348 g/mol. The van der Waals surface area contributed by atoms with Gasteiger partial charge in [-0.1, -0.05) is 24.3 Å². The third-order valence-electron chi connectivity index (χ3n) is 5.86. The lowest BCUT2D eigenvalue weighted by Crippen LogP contribution is -2.44.